The van der Waals surface area contributed by atoms with Crippen LogP contribution < -0.4 is 5.73 Å². The van der Waals surface area contributed by atoms with Gasteiger partial charge in [0.05, 0.1) is 12.5 Å². The van der Waals surface area contributed by atoms with E-state index in [1.165, 1.54) is 0 Å². The van der Waals surface area contributed by atoms with Crippen molar-refractivity contribution in [2.45, 2.75) is 32.2 Å². The monoisotopic (exact) mass is 188 g/mol. The summed E-state index contributed by atoms with van der Waals surface area (Å²) in [4.78, 5) is 0. The first-order valence-corrected chi connectivity index (χ1v) is 5.00. The second kappa shape index (κ2) is 5.41. The van der Waals surface area contributed by atoms with Gasteiger partial charge in [0.2, 0.25) is 0 Å². The number of benzene rings is 1. The van der Waals surface area contributed by atoms with Gasteiger partial charge in [0.1, 0.15) is 0 Å². The van der Waals surface area contributed by atoms with Crippen LogP contribution in [0, 0.1) is 11.3 Å². The van der Waals surface area contributed by atoms with Gasteiger partial charge in [-0.3, -0.25) is 0 Å². The molecular weight excluding hydrogens is 172 g/mol. The molecule has 0 fully saturated rings. The van der Waals surface area contributed by atoms with Gasteiger partial charge in [-0.05, 0) is 17.5 Å². The Labute approximate surface area is 85.4 Å². The highest BCUT2D eigenvalue weighted by molar-refractivity contribution is 5.31. The highest BCUT2D eigenvalue weighted by Crippen LogP contribution is 2.20. The molecule has 0 saturated carbocycles. The Hall–Kier alpha value is -1.33. The zero-order valence-corrected chi connectivity index (χ0v) is 8.53. The fourth-order valence-electron chi connectivity index (χ4n) is 1.61. The molecule has 2 heteroatoms. The SMILES string of the molecule is CCC[C@@H](N)c1ccccc1CC#N. The zero-order valence-electron chi connectivity index (χ0n) is 8.53. The van der Waals surface area contributed by atoms with Crippen LogP contribution in [0.1, 0.15) is 36.9 Å². The van der Waals surface area contributed by atoms with Crippen molar-refractivity contribution in [3.05, 3.63) is 35.4 Å². The number of rotatable bonds is 4. The fourth-order valence-corrected chi connectivity index (χ4v) is 1.61. The molecule has 2 N–H and O–H groups in total. The Morgan fingerprint density at radius 3 is 2.79 bits per heavy atom. The summed E-state index contributed by atoms with van der Waals surface area (Å²) < 4.78 is 0. The van der Waals surface area contributed by atoms with E-state index in [-0.39, 0.29) is 6.04 Å². The average Bonchev–Trinajstić information content (AvgIpc) is 2.19. The first-order chi connectivity index (χ1) is 6.79. The third-order valence-electron chi connectivity index (χ3n) is 2.32. The van der Waals surface area contributed by atoms with Gasteiger partial charge < -0.3 is 5.73 Å². The van der Waals surface area contributed by atoms with Crippen molar-refractivity contribution in [3.63, 3.8) is 0 Å². The van der Waals surface area contributed by atoms with Gasteiger partial charge in [-0.2, -0.15) is 5.26 Å². The second-order valence-electron chi connectivity index (χ2n) is 3.43. The molecule has 74 valence electrons. The summed E-state index contributed by atoms with van der Waals surface area (Å²) in [5.74, 6) is 0. The van der Waals surface area contributed by atoms with E-state index in [0.717, 1.165) is 24.0 Å². The molecule has 0 radical (unpaired) electrons. The highest BCUT2D eigenvalue weighted by atomic mass is 14.6. The van der Waals surface area contributed by atoms with E-state index in [1.54, 1.807) is 0 Å². The number of nitrogens with two attached hydrogens (primary N) is 1. The Morgan fingerprint density at radius 1 is 1.43 bits per heavy atom. The van der Waals surface area contributed by atoms with E-state index in [9.17, 15) is 0 Å². The topological polar surface area (TPSA) is 49.8 Å². The minimum atomic E-state index is 0.0737. The number of hydrogen-bond acceptors (Lipinski definition) is 2. The van der Waals surface area contributed by atoms with Gasteiger partial charge in [0.25, 0.3) is 0 Å². The predicted molar refractivity (Wildman–Crippen MR) is 57.6 cm³/mol. The standard InChI is InChI=1S/C12H16N2/c1-2-5-12(14)11-7-4-3-6-10(11)8-9-13/h3-4,6-7,12H,2,5,8,14H2,1H3/t12-/m1/s1. The maximum absolute atomic E-state index is 8.66. The van der Waals surface area contributed by atoms with E-state index in [0.29, 0.717) is 6.42 Å². The van der Waals surface area contributed by atoms with Crippen LogP contribution in [0.4, 0.5) is 0 Å². The average molecular weight is 188 g/mol. The van der Waals surface area contributed by atoms with Gasteiger partial charge in [-0.1, -0.05) is 37.6 Å². The Bertz CT molecular complexity index is 325. The van der Waals surface area contributed by atoms with Crippen LogP contribution in [0.2, 0.25) is 0 Å². The van der Waals surface area contributed by atoms with Crippen LogP contribution in [-0.4, -0.2) is 0 Å². The summed E-state index contributed by atoms with van der Waals surface area (Å²) in [6, 6.07) is 10.2. The minimum Gasteiger partial charge on any atom is -0.324 e. The van der Waals surface area contributed by atoms with E-state index >= 15 is 0 Å². The summed E-state index contributed by atoms with van der Waals surface area (Å²) in [7, 11) is 0. The van der Waals surface area contributed by atoms with Gasteiger partial charge in [-0.25, -0.2) is 0 Å². The summed E-state index contributed by atoms with van der Waals surface area (Å²) in [5.41, 5.74) is 8.21. The molecule has 2 nitrogen and oxygen atoms in total. The number of nitrogens with zero attached hydrogens (tertiary/aromatic N) is 1. The molecule has 0 unspecified atom stereocenters. The first kappa shape index (κ1) is 10.7. The quantitative estimate of drug-likeness (QED) is 0.789. The smallest absolute Gasteiger partial charge is 0.0669 e. The molecule has 0 aliphatic carbocycles. The molecule has 0 aliphatic heterocycles. The van der Waals surface area contributed by atoms with Crippen molar-refractivity contribution in [2.75, 3.05) is 0 Å². The molecule has 0 amide bonds. The Balaban J connectivity index is 2.89. The van der Waals surface area contributed by atoms with Gasteiger partial charge in [-0.15, -0.1) is 0 Å². The van der Waals surface area contributed by atoms with Crippen LogP contribution in [0.3, 0.4) is 0 Å². The molecule has 14 heavy (non-hydrogen) atoms. The molecule has 0 spiro atoms. The lowest BCUT2D eigenvalue weighted by Gasteiger charge is -2.13. The zero-order chi connectivity index (χ0) is 10.4. The van der Waals surface area contributed by atoms with Crippen LogP contribution in [0.15, 0.2) is 24.3 Å². The maximum Gasteiger partial charge on any atom is 0.0669 e. The van der Waals surface area contributed by atoms with Crippen molar-refractivity contribution in [1.82, 2.24) is 0 Å². The number of nitriles is 1. The normalized spacial score (nSPS) is 12.1. The van der Waals surface area contributed by atoms with Crippen molar-refractivity contribution in [1.29, 1.82) is 5.26 Å². The lowest BCUT2D eigenvalue weighted by molar-refractivity contribution is 0.634. The van der Waals surface area contributed by atoms with Gasteiger partial charge in [0.15, 0.2) is 0 Å². The predicted octanol–water partition coefficient (Wildman–Crippen LogP) is 2.55. The van der Waals surface area contributed by atoms with Crippen LogP contribution >= 0.6 is 0 Å². The van der Waals surface area contributed by atoms with E-state index in [4.69, 9.17) is 11.0 Å². The highest BCUT2D eigenvalue weighted by Gasteiger charge is 2.08. The third-order valence-corrected chi connectivity index (χ3v) is 2.32. The molecule has 0 heterocycles. The largest absolute Gasteiger partial charge is 0.324 e. The van der Waals surface area contributed by atoms with E-state index in [2.05, 4.69) is 13.0 Å². The molecule has 0 bridgehead atoms. The van der Waals surface area contributed by atoms with Crippen molar-refractivity contribution in [2.24, 2.45) is 5.73 Å². The molecule has 0 aliphatic rings. The van der Waals surface area contributed by atoms with E-state index < -0.39 is 0 Å². The second-order valence-corrected chi connectivity index (χ2v) is 3.43. The summed E-state index contributed by atoms with van der Waals surface area (Å²) in [6.07, 6.45) is 2.50. The molecular formula is C12H16N2. The lowest BCUT2D eigenvalue weighted by Crippen LogP contribution is -2.12. The molecule has 1 atom stereocenters. The van der Waals surface area contributed by atoms with Crippen molar-refractivity contribution >= 4 is 0 Å². The molecule has 0 aromatic heterocycles. The molecule has 1 aromatic rings. The van der Waals surface area contributed by atoms with Crippen molar-refractivity contribution in [3.8, 4) is 6.07 Å². The molecule has 1 rings (SSSR count). The minimum absolute atomic E-state index is 0.0737. The maximum atomic E-state index is 8.66. The van der Waals surface area contributed by atoms with Gasteiger partial charge in [0, 0.05) is 6.04 Å². The summed E-state index contributed by atoms with van der Waals surface area (Å²) in [5, 5.41) is 8.66. The fraction of sp³-hybridized carbons (Fsp3) is 0.417. The summed E-state index contributed by atoms with van der Waals surface area (Å²) >= 11 is 0. The van der Waals surface area contributed by atoms with Crippen LogP contribution in [-0.2, 0) is 6.42 Å². The first-order valence-electron chi connectivity index (χ1n) is 5.00. The Morgan fingerprint density at radius 2 is 2.14 bits per heavy atom. The number of hydrogen-bond donors (Lipinski definition) is 1. The van der Waals surface area contributed by atoms with E-state index in [1.807, 2.05) is 24.3 Å². The Kier molecular flexibility index (Phi) is 4.15. The molecule has 0 saturated heterocycles. The lowest BCUT2D eigenvalue weighted by atomic mass is 9.96. The molecule has 1 aromatic carbocycles. The third kappa shape index (κ3) is 2.58. The summed E-state index contributed by atoms with van der Waals surface area (Å²) in [6.45, 7) is 2.12. The van der Waals surface area contributed by atoms with Gasteiger partial charge >= 0.3 is 0 Å². The van der Waals surface area contributed by atoms with Crippen molar-refractivity contribution < 1.29 is 0 Å². The van der Waals surface area contributed by atoms with Crippen LogP contribution in [0.25, 0.3) is 0 Å². The van der Waals surface area contributed by atoms with Crippen LogP contribution in [0.5, 0.6) is 0 Å².